The number of hydrogen-bond acceptors (Lipinski definition) is 2. The van der Waals surface area contributed by atoms with Crippen LogP contribution < -0.4 is 5.32 Å². The lowest BCUT2D eigenvalue weighted by Crippen LogP contribution is -2.20. The van der Waals surface area contributed by atoms with Gasteiger partial charge in [0.05, 0.1) is 0 Å². The Bertz CT molecular complexity index is 566. The van der Waals surface area contributed by atoms with Gasteiger partial charge in [-0.1, -0.05) is 48.9 Å². The van der Waals surface area contributed by atoms with Gasteiger partial charge in [0.2, 0.25) is 0 Å². The van der Waals surface area contributed by atoms with Gasteiger partial charge in [-0.3, -0.25) is 0 Å². The Hall–Kier alpha value is -1.87. The highest BCUT2D eigenvalue weighted by Gasteiger charge is 2.11. The highest BCUT2D eigenvalue weighted by atomic mass is 19.1. The first-order chi connectivity index (χ1) is 9.61. The van der Waals surface area contributed by atoms with Gasteiger partial charge in [0.25, 0.3) is 0 Å². The second kappa shape index (κ2) is 6.53. The molecule has 0 fully saturated rings. The third-order valence-electron chi connectivity index (χ3n) is 3.50. The van der Waals surface area contributed by atoms with Crippen molar-refractivity contribution in [2.24, 2.45) is 0 Å². The van der Waals surface area contributed by atoms with Crippen molar-refractivity contribution in [1.29, 1.82) is 0 Å². The van der Waals surface area contributed by atoms with Gasteiger partial charge in [0.15, 0.2) is 11.6 Å². The molecule has 0 radical (unpaired) electrons. The highest BCUT2D eigenvalue weighted by Crippen LogP contribution is 2.23. The molecule has 0 aliphatic rings. The first-order valence-electron chi connectivity index (χ1n) is 6.88. The van der Waals surface area contributed by atoms with Gasteiger partial charge in [-0.25, -0.2) is 4.39 Å². The fourth-order valence-electron chi connectivity index (χ4n) is 2.23. The van der Waals surface area contributed by atoms with E-state index in [0.29, 0.717) is 12.1 Å². The van der Waals surface area contributed by atoms with Crippen molar-refractivity contribution in [3.63, 3.8) is 0 Å². The maximum Gasteiger partial charge on any atom is 0.165 e. The molecule has 106 valence electrons. The summed E-state index contributed by atoms with van der Waals surface area (Å²) >= 11 is 0. The summed E-state index contributed by atoms with van der Waals surface area (Å²) in [6.45, 7) is 4.60. The van der Waals surface area contributed by atoms with Gasteiger partial charge in [0, 0.05) is 18.2 Å². The molecule has 2 nitrogen and oxygen atoms in total. The van der Waals surface area contributed by atoms with E-state index in [4.69, 9.17) is 0 Å². The first-order valence-corrected chi connectivity index (χ1v) is 6.88. The lowest BCUT2D eigenvalue weighted by Gasteiger charge is -2.18. The van der Waals surface area contributed by atoms with Gasteiger partial charge < -0.3 is 10.4 Å². The van der Waals surface area contributed by atoms with Crippen molar-refractivity contribution in [2.45, 2.75) is 32.9 Å². The van der Waals surface area contributed by atoms with Crippen LogP contribution in [0.15, 0.2) is 42.5 Å². The Labute approximate surface area is 119 Å². The molecule has 0 saturated heterocycles. The molecular weight excluding hydrogens is 253 g/mol. The van der Waals surface area contributed by atoms with Gasteiger partial charge in [-0.05, 0) is 25.0 Å². The number of hydrogen-bond donors (Lipinski definition) is 2. The molecular formula is C17H20FNO. The summed E-state index contributed by atoms with van der Waals surface area (Å²) in [5.41, 5.74) is 3.01. The maximum absolute atomic E-state index is 13.3. The highest BCUT2D eigenvalue weighted by molar-refractivity contribution is 5.33. The van der Waals surface area contributed by atoms with E-state index >= 15 is 0 Å². The number of benzene rings is 2. The average Bonchev–Trinajstić information content (AvgIpc) is 2.45. The van der Waals surface area contributed by atoms with E-state index in [-0.39, 0.29) is 11.8 Å². The first kappa shape index (κ1) is 14.5. The molecule has 0 aromatic heterocycles. The van der Waals surface area contributed by atoms with Crippen LogP contribution in [0.1, 0.15) is 36.1 Å². The standard InChI is InChI=1S/C17H20FNO/c1-3-16(13-9-7-12(2)8-10-13)19-11-14-5-4-6-15(18)17(14)20/h4-10,16,19-20H,3,11H2,1-2H3. The molecule has 20 heavy (non-hydrogen) atoms. The summed E-state index contributed by atoms with van der Waals surface area (Å²) < 4.78 is 13.3. The van der Waals surface area contributed by atoms with E-state index < -0.39 is 5.82 Å². The predicted molar refractivity (Wildman–Crippen MR) is 79.1 cm³/mol. The van der Waals surface area contributed by atoms with Gasteiger partial charge in [0.1, 0.15) is 0 Å². The zero-order valence-electron chi connectivity index (χ0n) is 11.9. The van der Waals surface area contributed by atoms with Crippen LogP contribution in [0.5, 0.6) is 5.75 Å². The lowest BCUT2D eigenvalue weighted by molar-refractivity contribution is 0.418. The second-order valence-electron chi connectivity index (χ2n) is 5.00. The number of aryl methyl sites for hydroxylation is 1. The molecule has 0 spiro atoms. The molecule has 3 heteroatoms. The zero-order valence-corrected chi connectivity index (χ0v) is 11.9. The molecule has 1 atom stereocenters. The van der Waals surface area contributed by atoms with Crippen LogP contribution in [0.3, 0.4) is 0 Å². The fraction of sp³-hybridized carbons (Fsp3) is 0.294. The number of halogens is 1. The van der Waals surface area contributed by atoms with Gasteiger partial charge in [-0.2, -0.15) is 0 Å². The van der Waals surface area contributed by atoms with E-state index in [0.717, 1.165) is 6.42 Å². The number of aromatic hydroxyl groups is 1. The minimum atomic E-state index is -0.576. The smallest absolute Gasteiger partial charge is 0.165 e. The molecule has 2 aromatic carbocycles. The molecule has 0 bridgehead atoms. The number of phenols is 1. The lowest BCUT2D eigenvalue weighted by atomic mass is 10.0. The Morgan fingerprint density at radius 1 is 1.15 bits per heavy atom. The van der Waals surface area contributed by atoms with E-state index in [1.54, 1.807) is 12.1 Å². The average molecular weight is 273 g/mol. The molecule has 0 aliphatic carbocycles. The Morgan fingerprint density at radius 3 is 2.50 bits per heavy atom. The van der Waals surface area contributed by atoms with E-state index in [2.05, 4.69) is 43.4 Å². The number of rotatable bonds is 5. The summed E-state index contributed by atoms with van der Waals surface area (Å²) in [4.78, 5) is 0. The number of phenolic OH excluding ortho intramolecular Hbond substituents is 1. The topological polar surface area (TPSA) is 32.3 Å². The monoisotopic (exact) mass is 273 g/mol. The summed E-state index contributed by atoms with van der Waals surface area (Å²) in [5, 5.41) is 13.0. The number of nitrogens with one attached hydrogen (secondary N) is 1. The summed E-state index contributed by atoms with van der Waals surface area (Å²) in [7, 11) is 0. The molecule has 0 amide bonds. The third kappa shape index (κ3) is 3.36. The normalized spacial score (nSPS) is 12.3. The van der Waals surface area contributed by atoms with Crippen molar-refractivity contribution in [3.05, 3.63) is 65.0 Å². The Balaban J connectivity index is 2.07. The van der Waals surface area contributed by atoms with Crippen molar-refractivity contribution < 1.29 is 9.50 Å². The van der Waals surface area contributed by atoms with Crippen molar-refractivity contribution >= 4 is 0 Å². The van der Waals surface area contributed by atoms with Gasteiger partial charge in [-0.15, -0.1) is 0 Å². The molecule has 2 N–H and O–H groups in total. The molecule has 0 aliphatic heterocycles. The SMILES string of the molecule is CCC(NCc1cccc(F)c1O)c1ccc(C)cc1. The van der Waals surface area contributed by atoms with Gasteiger partial charge >= 0.3 is 0 Å². The van der Waals surface area contributed by atoms with E-state index in [1.807, 2.05) is 0 Å². The fourth-order valence-corrected chi connectivity index (χ4v) is 2.23. The van der Waals surface area contributed by atoms with Crippen LogP contribution >= 0.6 is 0 Å². The molecule has 0 saturated carbocycles. The number of para-hydroxylation sites is 1. The maximum atomic E-state index is 13.3. The Morgan fingerprint density at radius 2 is 1.85 bits per heavy atom. The van der Waals surface area contributed by atoms with Crippen LogP contribution in [-0.2, 0) is 6.54 Å². The Kier molecular flexibility index (Phi) is 4.74. The van der Waals surface area contributed by atoms with Crippen LogP contribution in [-0.4, -0.2) is 5.11 Å². The summed E-state index contributed by atoms with van der Waals surface area (Å²) in [5.74, 6) is -0.841. The molecule has 0 heterocycles. The van der Waals surface area contributed by atoms with Crippen LogP contribution in [0, 0.1) is 12.7 Å². The quantitative estimate of drug-likeness (QED) is 0.860. The summed E-state index contributed by atoms with van der Waals surface area (Å²) in [6.07, 6.45) is 0.930. The van der Waals surface area contributed by atoms with E-state index in [9.17, 15) is 9.50 Å². The van der Waals surface area contributed by atoms with Crippen molar-refractivity contribution in [3.8, 4) is 5.75 Å². The van der Waals surface area contributed by atoms with Crippen LogP contribution in [0.25, 0.3) is 0 Å². The predicted octanol–water partition coefficient (Wildman–Crippen LogP) is 4.08. The summed E-state index contributed by atoms with van der Waals surface area (Å²) in [6, 6.07) is 13.2. The van der Waals surface area contributed by atoms with E-state index in [1.165, 1.54) is 17.2 Å². The minimum Gasteiger partial charge on any atom is -0.505 e. The second-order valence-corrected chi connectivity index (χ2v) is 5.00. The molecule has 1 unspecified atom stereocenters. The van der Waals surface area contributed by atoms with Crippen LogP contribution in [0.2, 0.25) is 0 Å². The zero-order chi connectivity index (χ0) is 14.5. The third-order valence-corrected chi connectivity index (χ3v) is 3.50. The molecule has 2 aromatic rings. The molecule has 2 rings (SSSR count). The largest absolute Gasteiger partial charge is 0.505 e. The van der Waals surface area contributed by atoms with Crippen LogP contribution in [0.4, 0.5) is 4.39 Å². The minimum absolute atomic E-state index is 0.193. The van der Waals surface area contributed by atoms with Crippen molar-refractivity contribution in [2.75, 3.05) is 0 Å². The van der Waals surface area contributed by atoms with Crippen molar-refractivity contribution in [1.82, 2.24) is 5.32 Å².